The number of nitrogens with zero attached hydrogens (tertiary/aromatic N) is 2. The Bertz CT molecular complexity index is 876. The van der Waals surface area contributed by atoms with Crippen LogP contribution < -0.4 is 5.32 Å². The van der Waals surface area contributed by atoms with Crippen LogP contribution in [0.15, 0.2) is 48.5 Å². The number of ether oxygens (including phenoxy) is 1. The maximum absolute atomic E-state index is 11.9. The number of nitrogens with one attached hydrogen (secondary N) is 1. The molecule has 6 nitrogen and oxygen atoms in total. The van der Waals surface area contributed by atoms with Crippen LogP contribution in [0.1, 0.15) is 24.0 Å². The van der Waals surface area contributed by atoms with Crippen LogP contribution in [0, 0.1) is 11.3 Å². The molecule has 1 saturated heterocycles. The summed E-state index contributed by atoms with van der Waals surface area (Å²) in [7, 11) is 1.62. The molecule has 3 atom stereocenters. The van der Waals surface area contributed by atoms with Gasteiger partial charge in [0.05, 0.1) is 24.8 Å². The Morgan fingerprint density at radius 1 is 1.21 bits per heavy atom. The van der Waals surface area contributed by atoms with E-state index in [0.29, 0.717) is 25.3 Å². The van der Waals surface area contributed by atoms with Crippen molar-refractivity contribution in [2.75, 3.05) is 33.4 Å². The minimum absolute atomic E-state index is 0.0165. The highest BCUT2D eigenvalue weighted by molar-refractivity contribution is 5.73. The van der Waals surface area contributed by atoms with Gasteiger partial charge in [0.2, 0.25) is 5.91 Å². The molecule has 0 radical (unpaired) electrons. The fraction of sp³-hybridized carbons (Fsp3) is 0.391. The van der Waals surface area contributed by atoms with Gasteiger partial charge in [0.1, 0.15) is 0 Å². The SMILES string of the molecule is COCCN(C[C@H]1N[C@H](CO)[C@@H]1c1ccc(-c2cccc(C#N)c2)cc1)C(C)=O. The van der Waals surface area contributed by atoms with Crippen LogP contribution in [0.5, 0.6) is 0 Å². The Labute approximate surface area is 171 Å². The molecular weight excluding hydrogens is 366 g/mol. The topological polar surface area (TPSA) is 85.6 Å². The number of methoxy groups -OCH3 is 1. The minimum Gasteiger partial charge on any atom is -0.395 e. The van der Waals surface area contributed by atoms with E-state index in [2.05, 4.69) is 23.5 Å². The molecule has 6 heteroatoms. The van der Waals surface area contributed by atoms with Crippen molar-refractivity contribution in [3.05, 3.63) is 59.7 Å². The smallest absolute Gasteiger partial charge is 0.219 e. The summed E-state index contributed by atoms with van der Waals surface area (Å²) in [6, 6.07) is 18.0. The van der Waals surface area contributed by atoms with E-state index in [1.807, 2.05) is 30.3 Å². The van der Waals surface area contributed by atoms with Crippen molar-refractivity contribution in [3.63, 3.8) is 0 Å². The Balaban J connectivity index is 1.76. The van der Waals surface area contributed by atoms with E-state index < -0.39 is 0 Å². The second kappa shape index (κ2) is 9.66. The molecule has 2 aromatic carbocycles. The zero-order valence-electron chi connectivity index (χ0n) is 16.8. The van der Waals surface area contributed by atoms with Crippen molar-refractivity contribution in [1.82, 2.24) is 10.2 Å². The van der Waals surface area contributed by atoms with Crippen molar-refractivity contribution in [2.45, 2.75) is 24.9 Å². The number of carbonyl (C=O) groups is 1. The Hall–Kier alpha value is -2.72. The summed E-state index contributed by atoms with van der Waals surface area (Å²) in [6.45, 7) is 3.24. The predicted octanol–water partition coefficient (Wildman–Crippen LogP) is 2.14. The van der Waals surface area contributed by atoms with Crippen LogP contribution in [0.25, 0.3) is 11.1 Å². The molecule has 1 fully saturated rings. The number of hydrogen-bond acceptors (Lipinski definition) is 5. The van der Waals surface area contributed by atoms with E-state index >= 15 is 0 Å². The maximum atomic E-state index is 11.9. The van der Waals surface area contributed by atoms with Crippen LogP contribution in [-0.4, -0.2) is 61.4 Å². The van der Waals surface area contributed by atoms with Crippen molar-refractivity contribution >= 4 is 5.91 Å². The monoisotopic (exact) mass is 393 g/mol. The quantitative estimate of drug-likeness (QED) is 0.718. The first-order valence-electron chi connectivity index (χ1n) is 9.79. The van der Waals surface area contributed by atoms with Gasteiger partial charge in [-0.05, 0) is 28.8 Å². The molecule has 2 aromatic rings. The Morgan fingerprint density at radius 2 is 1.97 bits per heavy atom. The molecule has 29 heavy (non-hydrogen) atoms. The summed E-state index contributed by atoms with van der Waals surface area (Å²) < 4.78 is 5.11. The van der Waals surface area contributed by atoms with E-state index in [-0.39, 0.29) is 30.5 Å². The van der Waals surface area contributed by atoms with Crippen LogP contribution in [0.4, 0.5) is 0 Å². The lowest BCUT2D eigenvalue weighted by atomic mass is 9.77. The first kappa shape index (κ1) is 21.0. The predicted molar refractivity (Wildman–Crippen MR) is 111 cm³/mol. The van der Waals surface area contributed by atoms with E-state index in [1.54, 1.807) is 25.0 Å². The van der Waals surface area contributed by atoms with Gasteiger partial charge in [0.25, 0.3) is 0 Å². The highest BCUT2D eigenvalue weighted by atomic mass is 16.5. The second-order valence-electron chi connectivity index (χ2n) is 7.36. The Kier molecular flexibility index (Phi) is 6.99. The average Bonchev–Trinajstić information content (AvgIpc) is 2.73. The van der Waals surface area contributed by atoms with E-state index in [4.69, 9.17) is 10.00 Å². The van der Waals surface area contributed by atoms with Gasteiger partial charge in [-0.15, -0.1) is 0 Å². The third kappa shape index (κ3) is 4.83. The number of amides is 1. The summed E-state index contributed by atoms with van der Waals surface area (Å²) in [5.41, 5.74) is 3.80. The van der Waals surface area contributed by atoms with Gasteiger partial charge < -0.3 is 20.1 Å². The molecule has 1 amide bonds. The molecule has 1 aliphatic rings. The average molecular weight is 393 g/mol. The highest BCUT2D eigenvalue weighted by Gasteiger charge is 2.41. The van der Waals surface area contributed by atoms with Gasteiger partial charge in [0.15, 0.2) is 0 Å². The lowest BCUT2D eigenvalue weighted by Gasteiger charge is -2.47. The number of nitriles is 1. The standard InChI is InChI=1S/C23H27N3O3/c1-16(28)26(10-11-29-2)14-21-23(22(15-27)25-21)19-8-6-18(7-9-19)20-5-3-4-17(12-20)13-24/h3-9,12,21-23,25,27H,10-11,14-15H2,1-2H3/t21-,22-,23-/m1/s1. The van der Waals surface area contributed by atoms with Crippen LogP contribution >= 0.6 is 0 Å². The van der Waals surface area contributed by atoms with Crippen molar-refractivity contribution < 1.29 is 14.6 Å². The van der Waals surface area contributed by atoms with Gasteiger partial charge in [-0.1, -0.05) is 36.4 Å². The lowest BCUT2D eigenvalue weighted by Crippen LogP contribution is -2.65. The van der Waals surface area contributed by atoms with Gasteiger partial charge in [-0.2, -0.15) is 5.26 Å². The molecule has 0 aliphatic carbocycles. The van der Waals surface area contributed by atoms with Gasteiger partial charge in [-0.3, -0.25) is 4.79 Å². The molecule has 1 heterocycles. The first-order valence-corrected chi connectivity index (χ1v) is 9.79. The number of rotatable bonds is 8. The molecule has 1 aliphatic heterocycles. The molecular formula is C23H27N3O3. The molecule has 0 saturated carbocycles. The fourth-order valence-corrected chi connectivity index (χ4v) is 3.92. The highest BCUT2D eigenvalue weighted by Crippen LogP contribution is 2.34. The van der Waals surface area contributed by atoms with Crippen LogP contribution in [0.2, 0.25) is 0 Å². The number of benzene rings is 2. The summed E-state index contributed by atoms with van der Waals surface area (Å²) in [5, 5.41) is 22.2. The molecule has 3 rings (SSSR count). The number of aliphatic hydroxyl groups excluding tert-OH is 1. The summed E-state index contributed by atoms with van der Waals surface area (Å²) >= 11 is 0. The Morgan fingerprint density at radius 3 is 2.59 bits per heavy atom. The number of carbonyl (C=O) groups excluding carboxylic acids is 1. The zero-order valence-corrected chi connectivity index (χ0v) is 16.8. The van der Waals surface area contributed by atoms with E-state index in [1.165, 1.54) is 0 Å². The molecule has 0 bridgehead atoms. The first-order chi connectivity index (χ1) is 14.1. The van der Waals surface area contributed by atoms with Crippen LogP contribution in [-0.2, 0) is 9.53 Å². The van der Waals surface area contributed by atoms with Crippen molar-refractivity contribution in [3.8, 4) is 17.2 Å². The molecule has 0 unspecified atom stereocenters. The third-order valence-electron chi connectivity index (χ3n) is 5.54. The molecule has 152 valence electrons. The third-order valence-corrected chi connectivity index (χ3v) is 5.54. The number of hydrogen-bond donors (Lipinski definition) is 2. The summed E-state index contributed by atoms with van der Waals surface area (Å²) in [4.78, 5) is 13.7. The maximum Gasteiger partial charge on any atom is 0.219 e. The summed E-state index contributed by atoms with van der Waals surface area (Å²) in [6.07, 6.45) is 0. The fourth-order valence-electron chi connectivity index (χ4n) is 3.92. The van der Waals surface area contributed by atoms with Crippen molar-refractivity contribution in [1.29, 1.82) is 5.26 Å². The van der Waals surface area contributed by atoms with E-state index in [0.717, 1.165) is 16.7 Å². The van der Waals surface area contributed by atoms with Gasteiger partial charge >= 0.3 is 0 Å². The lowest BCUT2D eigenvalue weighted by molar-refractivity contribution is -0.130. The second-order valence-corrected chi connectivity index (χ2v) is 7.36. The number of aliphatic hydroxyl groups is 1. The molecule has 0 spiro atoms. The normalized spacial score (nSPS) is 20.6. The molecule has 0 aromatic heterocycles. The van der Waals surface area contributed by atoms with Gasteiger partial charge in [-0.25, -0.2) is 0 Å². The largest absolute Gasteiger partial charge is 0.395 e. The zero-order chi connectivity index (χ0) is 20.8. The summed E-state index contributed by atoms with van der Waals surface area (Å²) in [5.74, 6) is 0.145. The van der Waals surface area contributed by atoms with E-state index in [9.17, 15) is 9.90 Å². The van der Waals surface area contributed by atoms with Crippen LogP contribution in [0.3, 0.4) is 0 Å². The van der Waals surface area contributed by atoms with Crippen molar-refractivity contribution in [2.24, 2.45) is 0 Å². The minimum atomic E-state index is -0.0241. The molecule has 2 N–H and O–H groups in total. The van der Waals surface area contributed by atoms with Gasteiger partial charge in [0, 0.05) is 45.1 Å².